The molecule has 0 saturated carbocycles. The minimum atomic E-state index is -0.0948. The Morgan fingerprint density at radius 1 is 1.47 bits per heavy atom. The summed E-state index contributed by atoms with van der Waals surface area (Å²) in [6, 6.07) is 0.151. The van der Waals surface area contributed by atoms with Crippen LogP contribution in [0.3, 0.4) is 0 Å². The molecule has 102 valence electrons. The fourth-order valence-electron chi connectivity index (χ4n) is 1.95. The van der Waals surface area contributed by atoms with Crippen LogP contribution in [0.2, 0.25) is 0 Å². The van der Waals surface area contributed by atoms with Gasteiger partial charge in [-0.25, -0.2) is 4.52 Å². The van der Waals surface area contributed by atoms with Gasteiger partial charge in [-0.1, -0.05) is 29.8 Å². The molecule has 0 aliphatic heterocycles. The third-order valence-electron chi connectivity index (χ3n) is 3.11. The lowest BCUT2D eigenvalue weighted by Gasteiger charge is -2.21. The molecule has 1 N–H and O–H groups in total. The van der Waals surface area contributed by atoms with Crippen molar-refractivity contribution in [3.05, 3.63) is 30.4 Å². The summed E-state index contributed by atoms with van der Waals surface area (Å²) in [5.74, 6) is 0.295. The predicted octanol–water partition coefficient (Wildman–Crippen LogP) is 2.27. The molecule has 0 aliphatic rings. The van der Waals surface area contributed by atoms with Gasteiger partial charge in [0.15, 0.2) is 0 Å². The summed E-state index contributed by atoms with van der Waals surface area (Å²) in [4.78, 5) is 16.3. The summed E-state index contributed by atoms with van der Waals surface area (Å²) in [6.45, 7) is 4.20. The van der Waals surface area contributed by atoms with Gasteiger partial charge < -0.3 is 5.32 Å². The molecule has 19 heavy (non-hydrogen) atoms. The van der Waals surface area contributed by atoms with Gasteiger partial charge in [0.1, 0.15) is 0 Å². The zero-order valence-electron chi connectivity index (χ0n) is 11.0. The number of amides is 1. The number of carbonyl (C=O) groups is 1. The van der Waals surface area contributed by atoms with Gasteiger partial charge in [-0.3, -0.25) is 9.78 Å². The second-order valence-corrected chi connectivity index (χ2v) is 5.56. The number of alkyl halides is 1. The van der Waals surface area contributed by atoms with E-state index in [4.69, 9.17) is 0 Å². The van der Waals surface area contributed by atoms with Crippen LogP contribution in [0.25, 0.3) is 5.52 Å². The largest absolute Gasteiger partial charge is 0.349 e. The van der Waals surface area contributed by atoms with Crippen molar-refractivity contribution in [3.8, 4) is 0 Å². The average Bonchev–Trinajstić information content (AvgIpc) is 2.81. The van der Waals surface area contributed by atoms with Crippen molar-refractivity contribution in [1.29, 1.82) is 0 Å². The highest BCUT2D eigenvalue weighted by atomic mass is 79.9. The van der Waals surface area contributed by atoms with E-state index in [1.165, 1.54) is 0 Å². The Kier molecular flexibility index (Phi) is 4.52. The Labute approximate surface area is 120 Å². The summed E-state index contributed by atoms with van der Waals surface area (Å²) in [6.07, 6.45) is 7.50. The number of hydrogen-bond acceptors (Lipinski definition) is 3. The Morgan fingerprint density at radius 2 is 2.26 bits per heavy atom. The van der Waals surface area contributed by atoms with Crippen LogP contribution in [0, 0.1) is 5.92 Å². The van der Waals surface area contributed by atoms with Crippen molar-refractivity contribution in [2.45, 2.75) is 26.3 Å². The molecule has 2 heterocycles. The Bertz CT molecular complexity index is 567. The molecule has 0 saturated heterocycles. The SMILES string of the molecule is CC(C)C(CCBr)NC(=O)c1cnn2ccncc12. The predicted molar refractivity (Wildman–Crippen MR) is 77.5 cm³/mol. The molecular formula is C13H17BrN4O. The van der Waals surface area contributed by atoms with Crippen LogP contribution in [0.1, 0.15) is 30.6 Å². The summed E-state index contributed by atoms with van der Waals surface area (Å²) < 4.78 is 1.65. The van der Waals surface area contributed by atoms with Gasteiger partial charge in [-0.2, -0.15) is 5.10 Å². The van der Waals surface area contributed by atoms with Gasteiger partial charge in [0.2, 0.25) is 0 Å². The molecule has 1 atom stereocenters. The molecule has 0 bridgehead atoms. The van der Waals surface area contributed by atoms with E-state index in [9.17, 15) is 4.79 Å². The van der Waals surface area contributed by atoms with Crippen LogP contribution in [0.5, 0.6) is 0 Å². The summed E-state index contributed by atoms with van der Waals surface area (Å²) >= 11 is 3.42. The zero-order valence-corrected chi connectivity index (χ0v) is 12.6. The monoisotopic (exact) mass is 324 g/mol. The van der Waals surface area contributed by atoms with Crippen LogP contribution < -0.4 is 5.32 Å². The normalized spacial score (nSPS) is 12.8. The lowest BCUT2D eigenvalue weighted by atomic mass is 10.0. The highest BCUT2D eigenvalue weighted by Crippen LogP contribution is 2.12. The minimum Gasteiger partial charge on any atom is -0.349 e. The molecule has 2 rings (SSSR count). The summed E-state index contributed by atoms with van der Waals surface area (Å²) in [7, 11) is 0. The Hall–Kier alpha value is -1.43. The van der Waals surface area contributed by atoms with E-state index >= 15 is 0 Å². The van der Waals surface area contributed by atoms with Crippen molar-refractivity contribution in [2.24, 2.45) is 5.92 Å². The van der Waals surface area contributed by atoms with Crippen LogP contribution in [-0.4, -0.2) is 31.9 Å². The van der Waals surface area contributed by atoms with Gasteiger partial charge in [-0.05, 0) is 12.3 Å². The maximum absolute atomic E-state index is 12.3. The molecule has 0 radical (unpaired) electrons. The maximum atomic E-state index is 12.3. The highest BCUT2D eigenvalue weighted by molar-refractivity contribution is 9.09. The molecule has 0 aliphatic carbocycles. The molecule has 0 fully saturated rings. The number of hydrogen-bond donors (Lipinski definition) is 1. The van der Waals surface area contributed by atoms with Crippen LogP contribution >= 0.6 is 15.9 Å². The van der Waals surface area contributed by atoms with E-state index in [0.717, 1.165) is 17.3 Å². The first-order valence-corrected chi connectivity index (χ1v) is 7.39. The Morgan fingerprint density at radius 3 is 2.95 bits per heavy atom. The highest BCUT2D eigenvalue weighted by Gasteiger charge is 2.19. The molecule has 0 spiro atoms. The fraction of sp³-hybridized carbons (Fsp3) is 0.462. The summed E-state index contributed by atoms with van der Waals surface area (Å²) in [5.41, 5.74) is 1.29. The molecule has 6 heteroatoms. The first-order valence-electron chi connectivity index (χ1n) is 6.27. The standard InChI is InChI=1S/C13H17BrN4O/c1-9(2)11(3-4-14)17-13(19)10-7-16-18-6-5-15-8-12(10)18/h5-9,11H,3-4H2,1-2H3,(H,17,19). The van der Waals surface area contributed by atoms with Crippen molar-refractivity contribution >= 4 is 27.4 Å². The number of nitrogens with one attached hydrogen (secondary N) is 1. The second-order valence-electron chi connectivity index (χ2n) is 4.77. The van der Waals surface area contributed by atoms with E-state index in [0.29, 0.717) is 11.5 Å². The van der Waals surface area contributed by atoms with E-state index in [1.54, 1.807) is 29.3 Å². The first-order chi connectivity index (χ1) is 9.13. The average molecular weight is 325 g/mol. The molecule has 5 nitrogen and oxygen atoms in total. The minimum absolute atomic E-state index is 0.0948. The molecule has 1 unspecified atom stereocenters. The van der Waals surface area contributed by atoms with Crippen LogP contribution in [-0.2, 0) is 0 Å². The van der Waals surface area contributed by atoms with Gasteiger partial charge >= 0.3 is 0 Å². The first kappa shape index (κ1) is 14.0. The maximum Gasteiger partial charge on any atom is 0.255 e. The lowest BCUT2D eigenvalue weighted by molar-refractivity contribution is 0.0926. The molecule has 2 aromatic heterocycles. The number of halogens is 1. The fourth-order valence-corrected chi connectivity index (χ4v) is 2.44. The number of fused-ring (bicyclic) bond motifs is 1. The van der Waals surface area contributed by atoms with E-state index in [1.807, 2.05) is 0 Å². The zero-order chi connectivity index (χ0) is 13.8. The van der Waals surface area contributed by atoms with Gasteiger partial charge in [-0.15, -0.1) is 0 Å². The molecular weight excluding hydrogens is 308 g/mol. The van der Waals surface area contributed by atoms with Crippen molar-refractivity contribution < 1.29 is 4.79 Å². The van der Waals surface area contributed by atoms with Crippen LogP contribution in [0.4, 0.5) is 0 Å². The quantitative estimate of drug-likeness (QED) is 0.858. The lowest BCUT2D eigenvalue weighted by Crippen LogP contribution is -2.38. The molecule has 1 amide bonds. The molecule has 0 aromatic carbocycles. The van der Waals surface area contributed by atoms with E-state index in [-0.39, 0.29) is 11.9 Å². The number of rotatable bonds is 5. The van der Waals surface area contributed by atoms with Gasteiger partial charge in [0.25, 0.3) is 5.91 Å². The number of aromatic nitrogens is 3. The topological polar surface area (TPSA) is 59.3 Å². The third kappa shape index (κ3) is 3.12. The van der Waals surface area contributed by atoms with Gasteiger partial charge in [0.05, 0.1) is 23.5 Å². The molecule has 2 aromatic rings. The number of nitrogens with zero attached hydrogens (tertiary/aromatic N) is 3. The van der Waals surface area contributed by atoms with Crippen LogP contribution in [0.15, 0.2) is 24.8 Å². The van der Waals surface area contributed by atoms with Gasteiger partial charge in [0, 0.05) is 23.8 Å². The third-order valence-corrected chi connectivity index (χ3v) is 3.57. The van der Waals surface area contributed by atoms with E-state index in [2.05, 4.69) is 45.2 Å². The van der Waals surface area contributed by atoms with Crippen molar-refractivity contribution in [3.63, 3.8) is 0 Å². The van der Waals surface area contributed by atoms with Crippen molar-refractivity contribution in [2.75, 3.05) is 5.33 Å². The second kappa shape index (κ2) is 6.14. The summed E-state index contributed by atoms with van der Waals surface area (Å²) in [5, 5.41) is 8.07. The smallest absolute Gasteiger partial charge is 0.255 e. The van der Waals surface area contributed by atoms with E-state index < -0.39 is 0 Å². The Balaban J connectivity index is 2.19. The van der Waals surface area contributed by atoms with Crippen molar-refractivity contribution in [1.82, 2.24) is 19.9 Å². The number of carbonyl (C=O) groups excluding carboxylic acids is 1.